The van der Waals surface area contributed by atoms with Crippen molar-refractivity contribution < 1.29 is 49.1 Å². The lowest BCUT2D eigenvalue weighted by molar-refractivity contribution is -0.561. The fraction of sp³-hybridized carbons (Fsp3) is 0.679. The zero-order valence-electron chi connectivity index (χ0n) is 43.4. The molecule has 1 amide bonds. The Balaban J connectivity index is 1.73. The topological polar surface area (TPSA) is 197 Å². The lowest BCUT2D eigenvalue weighted by Crippen LogP contribution is -2.72. The number of amides is 1. The quantitative estimate of drug-likeness (QED) is 0.0179. The number of halogens is 2. The second-order valence-electron chi connectivity index (χ2n) is 21.3. The molecule has 4 unspecified atom stereocenters. The first-order chi connectivity index (χ1) is 33.1. The van der Waals surface area contributed by atoms with E-state index < -0.39 is 82.0 Å². The number of benzene rings is 2. The van der Waals surface area contributed by atoms with Crippen molar-refractivity contribution in [1.82, 2.24) is 0 Å². The number of ketones is 1. The van der Waals surface area contributed by atoms with E-state index in [4.69, 9.17) is 32.7 Å². The minimum atomic E-state index is -1.94. The van der Waals surface area contributed by atoms with E-state index in [2.05, 4.69) is 24.5 Å². The molecule has 14 heteroatoms. The van der Waals surface area contributed by atoms with Crippen LogP contribution in [-0.2, 0) is 19.1 Å². The van der Waals surface area contributed by atoms with Gasteiger partial charge in [0.1, 0.15) is 17.8 Å². The van der Waals surface area contributed by atoms with E-state index in [1.165, 1.54) is 113 Å². The van der Waals surface area contributed by atoms with Crippen molar-refractivity contribution in [3.05, 3.63) is 68.9 Å². The molecule has 0 bridgehead atoms. The summed E-state index contributed by atoms with van der Waals surface area (Å²) in [6.07, 6.45) is 17.0. The number of aliphatic hydroxyl groups is 2. The van der Waals surface area contributed by atoms with Crippen LogP contribution in [0.2, 0.25) is 10.0 Å². The summed E-state index contributed by atoms with van der Waals surface area (Å²) in [4.78, 5) is 54.5. The highest BCUT2D eigenvalue weighted by atomic mass is 35.5. The first-order valence-electron chi connectivity index (χ1n) is 26.1. The van der Waals surface area contributed by atoms with Crippen molar-refractivity contribution in [2.75, 3.05) is 23.8 Å². The van der Waals surface area contributed by atoms with Crippen LogP contribution in [0.4, 0.5) is 11.4 Å². The summed E-state index contributed by atoms with van der Waals surface area (Å²) in [5, 5.41) is 57.8. The molecule has 1 aliphatic rings. The number of nitrogens with one attached hydrogen (secondary N) is 2. The smallest absolute Gasteiger partial charge is 0.338 e. The molecule has 1 saturated carbocycles. The first-order valence-corrected chi connectivity index (χ1v) is 26.9. The summed E-state index contributed by atoms with van der Waals surface area (Å²) in [5.41, 5.74) is -2.42. The number of allylic oxidation sites excluding steroid dienone is 1. The van der Waals surface area contributed by atoms with Crippen molar-refractivity contribution in [1.29, 1.82) is 0 Å². The highest BCUT2D eigenvalue weighted by Crippen LogP contribution is 2.47. The Bertz CT molecular complexity index is 1980. The molecule has 4 atom stereocenters. The zero-order valence-corrected chi connectivity index (χ0v) is 44.9. The van der Waals surface area contributed by atoms with Crippen molar-refractivity contribution >= 4 is 58.2 Å². The Labute approximate surface area is 429 Å². The molecule has 0 spiro atoms. The Morgan fingerprint density at radius 1 is 0.614 bits per heavy atom. The average molecular weight is 1020 g/mol. The Morgan fingerprint density at radius 2 is 1.00 bits per heavy atom. The Morgan fingerprint density at radius 3 is 1.40 bits per heavy atom. The second-order valence-corrected chi connectivity index (χ2v) is 22.1. The van der Waals surface area contributed by atoms with Crippen LogP contribution in [0.1, 0.15) is 205 Å². The number of anilines is 2. The molecule has 0 aliphatic heterocycles. The maximum atomic E-state index is 14.4. The standard InChI is InChI=1S/C56H84Cl2N2O10/c1-9-11-13-15-17-19-21-23-25-27-33-69-53(67)37-29-31-39(57)41(35-37)59-51(65)45(49(63)55(3,4)5)43-47(61)44(48(43)62)46(50(64)56(6,7)8)52(66)60-42-36-38(30-32-40(42)58)54(68)70-34-28-26-24-22-20-18-16-14-12-10-2/h29-32,35-36,43-45,47-48,51,59,64-65H,9-28,33-34H2,1-8H3,(H,60,66)/q-2/b50-46-. The van der Waals surface area contributed by atoms with Gasteiger partial charge in [0, 0.05) is 10.8 Å². The summed E-state index contributed by atoms with van der Waals surface area (Å²) in [7, 11) is 0. The van der Waals surface area contributed by atoms with E-state index in [9.17, 15) is 39.6 Å². The summed E-state index contributed by atoms with van der Waals surface area (Å²) in [5.74, 6) is -8.11. The molecule has 4 N–H and O–H groups in total. The van der Waals surface area contributed by atoms with Crippen LogP contribution in [0.25, 0.3) is 0 Å². The molecule has 0 radical (unpaired) electrons. The van der Waals surface area contributed by atoms with Gasteiger partial charge in [-0.15, -0.1) is 12.2 Å². The summed E-state index contributed by atoms with van der Waals surface area (Å²) in [6, 6.07) is 8.50. The maximum Gasteiger partial charge on any atom is 0.338 e. The van der Waals surface area contributed by atoms with Crippen LogP contribution < -0.4 is 20.8 Å². The molecule has 0 heterocycles. The van der Waals surface area contributed by atoms with Gasteiger partial charge in [0.15, 0.2) is 0 Å². The number of Topliss-reactive ketones (excluding diaryl/α,β-unsaturated/α-hetero) is 1. The number of hydrogen-bond acceptors (Lipinski definition) is 11. The maximum absolute atomic E-state index is 14.4. The van der Waals surface area contributed by atoms with Crippen LogP contribution in [0, 0.1) is 28.6 Å². The highest BCUT2D eigenvalue weighted by Gasteiger charge is 2.52. The summed E-state index contributed by atoms with van der Waals surface area (Å²) >= 11 is 13.0. The number of esters is 2. The molecule has 1 fully saturated rings. The van der Waals surface area contributed by atoms with E-state index in [0.717, 1.165) is 38.5 Å². The molecule has 2 aromatic rings. The number of ether oxygens (including phenoxy) is 2. The van der Waals surface area contributed by atoms with E-state index in [1.807, 2.05) is 0 Å². The predicted octanol–water partition coefficient (Wildman–Crippen LogP) is 12.3. The third kappa shape index (κ3) is 19.1. The van der Waals surface area contributed by atoms with Gasteiger partial charge >= 0.3 is 11.9 Å². The molecule has 0 aromatic heterocycles. The van der Waals surface area contributed by atoms with Gasteiger partial charge in [0.2, 0.25) is 0 Å². The number of hydrogen-bond donors (Lipinski definition) is 4. The molecule has 12 nitrogen and oxygen atoms in total. The van der Waals surface area contributed by atoms with Crippen LogP contribution >= 0.6 is 23.2 Å². The lowest BCUT2D eigenvalue weighted by atomic mass is 9.57. The number of unbranched alkanes of at least 4 members (excludes halogenated alkanes) is 18. The molecular formula is C56H84Cl2N2O10-2. The third-order valence-electron chi connectivity index (χ3n) is 13.2. The molecule has 70 heavy (non-hydrogen) atoms. The molecule has 2 aromatic carbocycles. The fourth-order valence-corrected chi connectivity index (χ4v) is 9.26. The monoisotopic (exact) mass is 1010 g/mol. The van der Waals surface area contributed by atoms with Gasteiger partial charge in [-0.1, -0.05) is 200 Å². The largest absolute Gasteiger partial charge is 0.851 e. The van der Waals surface area contributed by atoms with Crippen molar-refractivity contribution in [2.45, 2.75) is 202 Å². The van der Waals surface area contributed by atoms with Crippen LogP contribution in [0.3, 0.4) is 0 Å². The Kier molecular flexibility index (Phi) is 26.3. The normalized spacial score (nSPS) is 18.3. The zero-order chi connectivity index (χ0) is 52.0. The third-order valence-corrected chi connectivity index (χ3v) is 13.9. The first kappa shape index (κ1) is 60.6. The van der Waals surface area contributed by atoms with Crippen molar-refractivity contribution in [3.8, 4) is 0 Å². The van der Waals surface area contributed by atoms with Crippen LogP contribution in [0.5, 0.6) is 0 Å². The molecule has 3 rings (SSSR count). The molecular weight excluding hydrogens is 932 g/mol. The lowest BCUT2D eigenvalue weighted by Gasteiger charge is -2.64. The average Bonchev–Trinajstić information content (AvgIpc) is 3.30. The van der Waals surface area contributed by atoms with E-state index in [1.54, 1.807) is 41.5 Å². The van der Waals surface area contributed by atoms with Gasteiger partial charge < -0.3 is 40.5 Å². The molecule has 1 aliphatic carbocycles. The van der Waals surface area contributed by atoms with Gasteiger partial charge in [-0.3, -0.25) is 9.59 Å². The van der Waals surface area contributed by atoms with E-state index in [0.29, 0.717) is 12.8 Å². The predicted molar refractivity (Wildman–Crippen MR) is 277 cm³/mol. The number of aliphatic hydroxyl groups excluding tert-OH is 2. The molecule has 394 valence electrons. The van der Waals surface area contributed by atoms with Gasteiger partial charge in [-0.05, 0) is 55.2 Å². The number of carbonyl (C=O) groups excluding carboxylic acids is 4. The minimum Gasteiger partial charge on any atom is -0.851 e. The fourth-order valence-electron chi connectivity index (χ4n) is 8.92. The second kappa shape index (κ2) is 30.4. The SMILES string of the molecule is CCCCCCCCCCCCOC(=O)c1ccc(Cl)c(NC(=O)/C(=C(\O)C(C)(C)C)C2C([O-])C(C(C(=O)C(C)(C)C)C(O)Nc3cc(C(=O)OCCCCCCCCCCCC)ccc3Cl)C2[O-])c1. The van der Waals surface area contributed by atoms with Gasteiger partial charge in [-0.2, -0.15) is 0 Å². The highest BCUT2D eigenvalue weighted by molar-refractivity contribution is 6.34. The Hall–Kier alpha value is -3.68. The van der Waals surface area contributed by atoms with E-state index >= 15 is 0 Å². The van der Waals surface area contributed by atoms with Crippen LogP contribution in [0.15, 0.2) is 47.7 Å². The van der Waals surface area contributed by atoms with E-state index in [-0.39, 0.29) is 45.8 Å². The summed E-state index contributed by atoms with van der Waals surface area (Å²) < 4.78 is 11.0. The number of carbonyl (C=O) groups is 4. The molecule has 0 saturated heterocycles. The van der Waals surface area contributed by atoms with Crippen molar-refractivity contribution in [2.24, 2.45) is 28.6 Å². The van der Waals surface area contributed by atoms with Gasteiger partial charge in [0.25, 0.3) is 5.91 Å². The van der Waals surface area contributed by atoms with Gasteiger partial charge in [0.05, 0.1) is 57.3 Å². The van der Waals surface area contributed by atoms with Gasteiger partial charge in [-0.25, -0.2) is 9.59 Å². The van der Waals surface area contributed by atoms with Crippen molar-refractivity contribution in [3.63, 3.8) is 0 Å². The minimum absolute atomic E-state index is 0.0118. The van der Waals surface area contributed by atoms with Crippen LogP contribution in [-0.4, -0.2) is 65.5 Å². The summed E-state index contributed by atoms with van der Waals surface area (Å²) in [6.45, 7) is 14.5. The number of rotatable bonds is 32.